The van der Waals surface area contributed by atoms with Gasteiger partial charge in [0.25, 0.3) is 5.91 Å². The van der Waals surface area contributed by atoms with Crippen molar-refractivity contribution in [2.24, 2.45) is 0 Å². The molecule has 30 heavy (non-hydrogen) atoms. The average Bonchev–Trinajstić information content (AvgIpc) is 3.42. The first-order valence-corrected chi connectivity index (χ1v) is 10.7. The number of amides is 2. The third-order valence-electron chi connectivity index (χ3n) is 6.27. The first kappa shape index (κ1) is 18.9. The molecule has 2 aromatic carbocycles. The van der Waals surface area contributed by atoms with Crippen molar-refractivity contribution in [2.75, 3.05) is 24.5 Å². The fraction of sp³-hybridized carbons (Fsp3) is 0.375. The maximum atomic E-state index is 13.1. The average molecular weight is 403 g/mol. The van der Waals surface area contributed by atoms with Gasteiger partial charge in [0.2, 0.25) is 5.91 Å². The summed E-state index contributed by atoms with van der Waals surface area (Å²) in [6.07, 6.45) is 3.00. The summed E-state index contributed by atoms with van der Waals surface area (Å²) >= 11 is 0. The van der Waals surface area contributed by atoms with Crippen molar-refractivity contribution in [3.8, 4) is 0 Å². The minimum absolute atomic E-state index is 0.0640. The van der Waals surface area contributed by atoms with Crippen molar-refractivity contribution in [3.05, 3.63) is 59.5 Å². The molecule has 0 radical (unpaired) electrons. The van der Waals surface area contributed by atoms with Crippen LogP contribution >= 0.6 is 0 Å². The van der Waals surface area contributed by atoms with E-state index in [-0.39, 0.29) is 17.7 Å². The zero-order valence-electron chi connectivity index (χ0n) is 17.1. The Hall–Kier alpha value is -3.15. The third-order valence-corrected chi connectivity index (χ3v) is 6.27. The second kappa shape index (κ2) is 7.59. The van der Waals surface area contributed by atoms with Gasteiger partial charge in [0.1, 0.15) is 5.52 Å². The van der Waals surface area contributed by atoms with E-state index in [9.17, 15) is 9.59 Å². The van der Waals surface area contributed by atoms with Crippen molar-refractivity contribution in [3.63, 3.8) is 0 Å². The molecule has 2 aliphatic heterocycles. The molecule has 0 unspecified atom stereocenters. The van der Waals surface area contributed by atoms with E-state index in [0.29, 0.717) is 31.6 Å². The van der Waals surface area contributed by atoms with Crippen LogP contribution in [0.3, 0.4) is 0 Å². The van der Waals surface area contributed by atoms with Gasteiger partial charge >= 0.3 is 0 Å². The van der Waals surface area contributed by atoms with Gasteiger partial charge in [-0.2, -0.15) is 0 Å². The van der Waals surface area contributed by atoms with Crippen molar-refractivity contribution in [2.45, 2.75) is 38.5 Å². The monoisotopic (exact) mass is 403 g/mol. The van der Waals surface area contributed by atoms with Gasteiger partial charge in [-0.05, 0) is 55.2 Å². The van der Waals surface area contributed by atoms with Crippen LogP contribution in [0.25, 0.3) is 11.1 Å². The third kappa shape index (κ3) is 3.26. The van der Waals surface area contributed by atoms with Crippen LogP contribution in [0, 0.1) is 0 Å². The first-order valence-electron chi connectivity index (χ1n) is 10.7. The molecule has 1 saturated heterocycles. The molecule has 0 aliphatic carbocycles. The molecule has 154 valence electrons. The highest BCUT2D eigenvalue weighted by atomic mass is 16.3. The number of rotatable bonds is 3. The van der Waals surface area contributed by atoms with Crippen molar-refractivity contribution >= 4 is 28.6 Å². The van der Waals surface area contributed by atoms with Gasteiger partial charge in [-0.15, -0.1) is 0 Å². The largest absolute Gasteiger partial charge is 0.440 e. The van der Waals surface area contributed by atoms with E-state index in [4.69, 9.17) is 4.42 Å². The smallest absolute Gasteiger partial charge is 0.253 e. The molecule has 2 amide bonds. The fourth-order valence-corrected chi connectivity index (χ4v) is 4.56. The summed E-state index contributed by atoms with van der Waals surface area (Å²) in [6.45, 7) is 3.97. The van der Waals surface area contributed by atoms with Gasteiger partial charge in [0.05, 0.1) is 0 Å². The lowest BCUT2D eigenvalue weighted by atomic mass is 9.96. The molecular weight excluding hydrogens is 378 g/mol. The molecule has 3 aromatic rings. The quantitative estimate of drug-likeness (QED) is 0.659. The number of nitrogens with zero attached hydrogens (tertiary/aromatic N) is 3. The number of carbonyl (C=O) groups excluding carboxylic acids is 2. The van der Waals surface area contributed by atoms with E-state index in [1.54, 1.807) is 0 Å². The van der Waals surface area contributed by atoms with Crippen LogP contribution in [0.1, 0.15) is 53.9 Å². The van der Waals surface area contributed by atoms with Gasteiger partial charge in [0.15, 0.2) is 11.5 Å². The number of oxazole rings is 1. The van der Waals surface area contributed by atoms with Crippen LogP contribution in [-0.2, 0) is 11.2 Å². The van der Waals surface area contributed by atoms with Crippen molar-refractivity contribution < 1.29 is 14.0 Å². The fourth-order valence-electron chi connectivity index (χ4n) is 4.56. The zero-order valence-corrected chi connectivity index (χ0v) is 17.1. The summed E-state index contributed by atoms with van der Waals surface area (Å²) in [5.41, 5.74) is 4.46. The standard InChI is InChI=1S/C24H25N3O3/c1-2-22(28)27-14-11-17-15-18(7-8-20(17)27)24(29)26-12-9-16(10-13-26)23-25-19-5-3-4-6-21(19)30-23/h3-8,15-16H,2,9-14H2,1H3. The topological polar surface area (TPSA) is 66.7 Å². The minimum Gasteiger partial charge on any atom is -0.440 e. The Labute approximate surface area is 175 Å². The Morgan fingerprint density at radius 3 is 2.67 bits per heavy atom. The Balaban J connectivity index is 1.26. The highest BCUT2D eigenvalue weighted by molar-refractivity contribution is 5.98. The molecule has 1 aromatic heterocycles. The molecule has 0 N–H and O–H groups in total. The van der Waals surface area contributed by atoms with E-state index in [1.807, 2.05) is 59.2 Å². The van der Waals surface area contributed by atoms with Crippen LogP contribution in [-0.4, -0.2) is 41.3 Å². The molecule has 0 spiro atoms. The van der Waals surface area contributed by atoms with E-state index in [2.05, 4.69) is 4.98 Å². The maximum Gasteiger partial charge on any atom is 0.253 e. The predicted molar refractivity (Wildman–Crippen MR) is 115 cm³/mol. The maximum absolute atomic E-state index is 13.1. The number of carbonyl (C=O) groups is 2. The molecule has 5 rings (SSSR count). The highest BCUT2D eigenvalue weighted by Crippen LogP contribution is 2.32. The lowest BCUT2D eigenvalue weighted by Crippen LogP contribution is -2.38. The second-order valence-electron chi connectivity index (χ2n) is 8.08. The molecule has 0 saturated carbocycles. The molecule has 2 aliphatic rings. The van der Waals surface area contributed by atoms with Gasteiger partial charge in [-0.3, -0.25) is 9.59 Å². The van der Waals surface area contributed by atoms with Crippen molar-refractivity contribution in [1.82, 2.24) is 9.88 Å². The lowest BCUT2D eigenvalue weighted by molar-refractivity contribution is -0.118. The number of likely N-dealkylation sites (tertiary alicyclic amines) is 1. The number of para-hydroxylation sites is 2. The molecule has 6 heteroatoms. The highest BCUT2D eigenvalue weighted by Gasteiger charge is 2.29. The Kier molecular flexibility index (Phi) is 4.77. The van der Waals surface area contributed by atoms with Crippen LogP contribution in [0.5, 0.6) is 0 Å². The summed E-state index contributed by atoms with van der Waals surface area (Å²) in [4.78, 5) is 33.5. The predicted octanol–water partition coefficient (Wildman–Crippen LogP) is 4.15. The number of benzene rings is 2. The number of fused-ring (bicyclic) bond motifs is 2. The van der Waals surface area contributed by atoms with Crippen LogP contribution in [0.4, 0.5) is 5.69 Å². The van der Waals surface area contributed by atoms with Gasteiger partial charge in [0, 0.05) is 43.2 Å². The summed E-state index contributed by atoms with van der Waals surface area (Å²) in [5.74, 6) is 1.22. The molecule has 6 nitrogen and oxygen atoms in total. The number of aromatic nitrogens is 1. The van der Waals surface area contributed by atoms with Gasteiger partial charge < -0.3 is 14.2 Å². The van der Waals surface area contributed by atoms with Crippen LogP contribution in [0.2, 0.25) is 0 Å². The van der Waals surface area contributed by atoms with Crippen LogP contribution in [0.15, 0.2) is 46.9 Å². The van der Waals surface area contributed by atoms with E-state index in [1.165, 1.54) is 0 Å². The first-order chi connectivity index (χ1) is 14.6. The molecule has 3 heterocycles. The summed E-state index contributed by atoms with van der Waals surface area (Å²) in [7, 11) is 0. The van der Waals surface area contributed by atoms with Crippen molar-refractivity contribution in [1.29, 1.82) is 0 Å². The minimum atomic E-state index is 0.0640. The number of piperidine rings is 1. The summed E-state index contributed by atoms with van der Waals surface area (Å²) in [5, 5.41) is 0. The summed E-state index contributed by atoms with van der Waals surface area (Å²) in [6, 6.07) is 13.6. The Morgan fingerprint density at radius 2 is 1.90 bits per heavy atom. The SMILES string of the molecule is CCC(=O)N1CCc2cc(C(=O)N3CCC(c4nc5ccccc5o4)CC3)ccc21. The van der Waals surface area contributed by atoms with E-state index < -0.39 is 0 Å². The summed E-state index contributed by atoms with van der Waals surface area (Å²) < 4.78 is 5.93. The Morgan fingerprint density at radius 1 is 1.10 bits per heavy atom. The Bertz CT molecular complexity index is 1080. The molecular formula is C24H25N3O3. The lowest BCUT2D eigenvalue weighted by Gasteiger charge is -2.30. The zero-order chi connectivity index (χ0) is 20.7. The number of anilines is 1. The number of hydrogen-bond acceptors (Lipinski definition) is 4. The molecule has 0 bridgehead atoms. The van der Waals surface area contributed by atoms with E-state index >= 15 is 0 Å². The van der Waals surface area contributed by atoms with Gasteiger partial charge in [-0.1, -0.05) is 19.1 Å². The molecule has 0 atom stereocenters. The normalized spacial score (nSPS) is 16.8. The van der Waals surface area contributed by atoms with E-state index in [0.717, 1.165) is 47.5 Å². The van der Waals surface area contributed by atoms with Crippen LogP contribution < -0.4 is 4.90 Å². The van der Waals surface area contributed by atoms with Gasteiger partial charge in [-0.25, -0.2) is 4.98 Å². The second-order valence-corrected chi connectivity index (χ2v) is 8.08. The number of hydrogen-bond donors (Lipinski definition) is 0. The molecule has 1 fully saturated rings.